The van der Waals surface area contributed by atoms with Gasteiger partial charge in [-0.3, -0.25) is 0 Å². The standard InChI is InChI=1S/C22H21O2P/c1-18(23)12-13-19-14-16-22(17-15-19)25(24,20-8-4-2-5-9-20)21-10-6-3-7-11-21/h2-11,14-17H,12-13H2,1H3. The molecule has 0 fully saturated rings. The van der Waals surface area contributed by atoms with Gasteiger partial charge >= 0.3 is 0 Å². The molecule has 0 radical (unpaired) electrons. The van der Waals surface area contributed by atoms with Crippen molar-refractivity contribution in [1.29, 1.82) is 0 Å². The van der Waals surface area contributed by atoms with E-state index < -0.39 is 7.14 Å². The Labute approximate surface area is 148 Å². The third-order valence-corrected chi connectivity index (χ3v) is 7.38. The summed E-state index contributed by atoms with van der Waals surface area (Å²) in [7, 11) is -2.90. The summed E-state index contributed by atoms with van der Waals surface area (Å²) in [6, 6.07) is 27.1. The molecule has 0 amide bonds. The van der Waals surface area contributed by atoms with E-state index in [1.807, 2.05) is 84.9 Å². The molecule has 0 aliphatic heterocycles. The summed E-state index contributed by atoms with van der Waals surface area (Å²) in [4.78, 5) is 11.2. The second-order valence-corrected chi connectivity index (χ2v) is 8.92. The molecule has 3 heteroatoms. The normalized spacial score (nSPS) is 11.2. The minimum absolute atomic E-state index is 0.184. The van der Waals surface area contributed by atoms with Crippen molar-refractivity contribution in [2.75, 3.05) is 0 Å². The van der Waals surface area contributed by atoms with Crippen molar-refractivity contribution < 1.29 is 9.36 Å². The Morgan fingerprint density at radius 1 is 0.720 bits per heavy atom. The van der Waals surface area contributed by atoms with E-state index in [4.69, 9.17) is 0 Å². The van der Waals surface area contributed by atoms with Crippen LogP contribution in [0.4, 0.5) is 0 Å². The zero-order valence-electron chi connectivity index (χ0n) is 14.3. The molecule has 2 nitrogen and oxygen atoms in total. The molecule has 0 bridgehead atoms. The summed E-state index contributed by atoms with van der Waals surface area (Å²) >= 11 is 0. The number of carbonyl (C=O) groups is 1. The van der Waals surface area contributed by atoms with Gasteiger partial charge in [0.15, 0.2) is 7.14 Å². The van der Waals surface area contributed by atoms with Crippen molar-refractivity contribution >= 4 is 28.8 Å². The molecule has 0 aliphatic rings. The van der Waals surface area contributed by atoms with Gasteiger partial charge in [-0.1, -0.05) is 84.9 Å². The maximum absolute atomic E-state index is 14.1. The van der Waals surface area contributed by atoms with Crippen LogP contribution in [0.2, 0.25) is 0 Å². The smallest absolute Gasteiger partial charge is 0.171 e. The predicted octanol–water partition coefficient (Wildman–Crippen LogP) is 3.85. The molecule has 0 aliphatic carbocycles. The molecule has 0 saturated carbocycles. The maximum Gasteiger partial charge on any atom is 0.171 e. The van der Waals surface area contributed by atoms with Gasteiger partial charge in [0.25, 0.3) is 0 Å². The second kappa shape index (κ2) is 7.63. The molecular weight excluding hydrogens is 327 g/mol. The Hall–Kier alpha value is -2.44. The molecular formula is C22H21O2P. The summed E-state index contributed by atoms with van der Waals surface area (Å²) < 4.78 is 14.1. The maximum atomic E-state index is 14.1. The molecule has 0 saturated heterocycles. The zero-order chi connectivity index (χ0) is 17.7. The minimum atomic E-state index is -2.90. The summed E-state index contributed by atoms with van der Waals surface area (Å²) in [5, 5.41) is 2.48. The van der Waals surface area contributed by atoms with E-state index in [1.54, 1.807) is 6.92 Å². The summed E-state index contributed by atoms with van der Waals surface area (Å²) in [5.74, 6) is 0.184. The molecule has 0 unspecified atom stereocenters. The van der Waals surface area contributed by atoms with Crippen LogP contribution in [0.3, 0.4) is 0 Å². The van der Waals surface area contributed by atoms with Gasteiger partial charge in [0.1, 0.15) is 5.78 Å². The number of Topliss-reactive ketones (excluding diaryl/α,β-unsaturated/α-hetero) is 1. The van der Waals surface area contributed by atoms with Gasteiger partial charge in [0, 0.05) is 22.3 Å². The highest BCUT2D eigenvalue weighted by molar-refractivity contribution is 7.85. The quantitative estimate of drug-likeness (QED) is 0.634. The molecule has 0 spiro atoms. The fraction of sp³-hybridized carbons (Fsp3) is 0.136. The monoisotopic (exact) mass is 348 g/mol. The fourth-order valence-corrected chi connectivity index (χ4v) is 5.56. The lowest BCUT2D eigenvalue weighted by atomic mass is 10.1. The number of rotatable bonds is 6. The Balaban J connectivity index is 2.04. The second-order valence-electron chi connectivity index (χ2n) is 6.15. The van der Waals surface area contributed by atoms with Gasteiger partial charge in [0.2, 0.25) is 0 Å². The first kappa shape index (κ1) is 17.4. The molecule has 0 N–H and O–H groups in total. The Morgan fingerprint density at radius 3 is 1.60 bits per heavy atom. The van der Waals surface area contributed by atoms with E-state index in [2.05, 4.69) is 0 Å². The minimum Gasteiger partial charge on any atom is -0.309 e. The van der Waals surface area contributed by atoms with Crippen molar-refractivity contribution in [2.24, 2.45) is 0 Å². The Bertz CT molecular complexity index is 841. The average molecular weight is 348 g/mol. The van der Waals surface area contributed by atoms with Crippen LogP contribution in [0.5, 0.6) is 0 Å². The molecule has 126 valence electrons. The van der Waals surface area contributed by atoms with Gasteiger partial charge in [-0.15, -0.1) is 0 Å². The van der Waals surface area contributed by atoms with Crippen molar-refractivity contribution in [3.63, 3.8) is 0 Å². The number of carbonyl (C=O) groups excluding carboxylic acids is 1. The zero-order valence-corrected chi connectivity index (χ0v) is 15.2. The van der Waals surface area contributed by atoms with Crippen molar-refractivity contribution in [1.82, 2.24) is 0 Å². The van der Waals surface area contributed by atoms with Crippen LogP contribution in [0.1, 0.15) is 18.9 Å². The Kier molecular flexibility index (Phi) is 5.31. The van der Waals surface area contributed by atoms with E-state index in [0.717, 1.165) is 27.9 Å². The van der Waals surface area contributed by atoms with Gasteiger partial charge in [0.05, 0.1) is 0 Å². The molecule has 25 heavy (non-hydrogen) atoms. The summed E-state index contributed by atoms with van der Waals surface area (Å²) in [5.41, 5.74) is 1.09. The van der Waals surface area contributed by atoms with Crippen LogP contribution < -0.4 is 15.9 Å². The van der Waals surface area contributed by atoms with E-state index in [-0.39, 0.29) is 5.78 Å². The highest BCUT2D eigenvalue weighted by Crippen LogP contribution is 2.42. The number of aryl methyl sites for hydroxylation is 1. The first-order valence-electron chi connectivity index (χ1n) is 8.41. The van der Waals surface area contributed by atoms with E-state index in [9.17, 15) is 9.36 Å². The van der Waals surface area contributed by atoms with Crippen LogP contribution in [-0.4, -0.2) is 5.78 Å². The number of hydrogen-bond acceptors (Lipinski definition) is 2. The van der Waals surface area contributed by atoms with Crippen LogP contribution in [0, 0.1) is 0 Å². The number of hydrogen-bond donors (Lipinski definition) is 0. The van der Waals surface area contributed by atoms with Crippen molar-refractivity contribution in [3.05, 3.63) is 90.5 Å². The molecule has 3 aromatic carbocycles. The lowest BCUT2D eigenvalue weighted by molar-refractivity contribution is -0.116. The number of ketones is 1. The van der Waals surface area contributed by atoms with Crippen LogP contribution in [0.15, 0.2) is 84.9 Å². The molecule has 3 rings (SSSR count). The summed E-state index contributed by atoms with van der Waals surface area (Å²) in [6.45, 7) is 1.60. The average Bonchev–Trinajstić information content (AvgIpc) is 2.67. The van der Waals surface area contributed by atoms with Gasteiger partial charge in [-0.05, 0) is 18.9 Å². The van der Waals surface area contributed by atoms with E-state index >= 15 is 0 Å². The highest BCUT2D eigenvalue weighted by Gasteiger charge is 2.29. The lowest BCUT2D eigenvalue weighted by Gasteiger charge is -2.20. The third kappa shape index (κ3) is 3.81. The van der Waals surface area contributed by atoms with Crippen molar-refractivity contribution in [2.45, 2.75) is 19.8 Å². The van der Waals surface area contributed by atoms with Crippen molar-refractivity contribution in [3.8, 4) is 0 Å². The first-order valence-corrected chi connectivity index (χ1v) is 10.1. The van der Waals surface area contributed by atoms with Gasteiger partial charge < -0.3 is 9.36 Å². The SMILES string of the molecule is CC(=O)CCc1ccc(P(=O)(c2ccccc2)c2ccccc2)cc1. The predicted molar refractivity (Wildman–Crippen MR) is 105 cm³/mol. The van der Waals surface area contributed by atoms with Crippen LogP contribution in [-0.2, 0) is 15.8 Å². The molecule has 0 heterocycles. The van der Waals surface area contributed by atoms with Gasteiger partial charge in [-0.25, -0.2) is 0 Å². The largest absolute Gasteiger partial charge is 0.309 e. The molecule has 3 aromatic rings. The Morgan fingerprint density at radius 2 is 1.16 bits per heavy atom. The summed E-state index contributed by atoms with van der Waals surface area (Å²) in [6.07, 6.45) is 1.25. The van der Waals surface area contributed by atoms with Crippen LogP contribution >= 0.6 is 7.14 Å². The van der Waals surface area contributed by atoms with E-state index in [1.165, 1.54) is 0 Å². The fourth-order valence-electron chi connectivity index (χ4n) is 2.92. The third-order valence-electron chi connectivity index (χ3n) is 4.31. The highest BCUT2D eigenvalue weighted by atomic mass is 31.2. The first-order chi connectivity index (χ1) is 12.1. The molecule has 0 atom stereocenters. The lowest BCUT2D eigenvalue weighted by Crippen LogP contribution is -2.24. The number of benzene rings is 3. The van der Waals surface area contributed by atoms with Crippen LogP contribution in [0.25, 0.3) is 0 Å². The van der Waals surface area contributed by atoms with Gasteiger partial charge in [-0.2, -0.15) is 0 Å². The van der Waals surface area contributed by atoms with E-state index in [0.29, 0.717) is 6.42 Å². The topological polar surface area (TPSA) is 34.1 Å². The molecule has 0 aromatic heterocycles.